The Hall–Kier alpha value is -0.500. The van der Waals surface area contributed by atoms with Crippen LogP contribution in [0.3, 0.4) is 0 Å². The van der Waals surface area contributed by atoms with E-state index in [9.17, 15) is 19.4 Å². The van der Waals surface area contributed by atoms with E-state index in [1.165, 1.54) is 161 Å². The molecular weight excluding hydrogens is 683 g/mol. The Kier molecular flexibility index (Phi) is 36.7. The molecule has 9 heteroatoms. The lowest BCUT2D eigenvalue weighted by Gasteiger charge is -2.30. The number of hydrogen-bond donors (Lipinski definition) is 2. The Morgan fingerprint density at radius 2 is 0.925 bits per heavy atom. The molecule has 0 saturated heterocycles. The minimum atomic E-state index is -4.55. The van der Waals surface area contributed by atoms with Crippen LogP contribution in [0.25, 0.3) is 0 Å². The first kappa shape index (κ1) is 52.5. The zero-order valence-corrected chi connectivity index (χ0v) is 36.9. The van der Waals surface area contributed by atoms with Crippen LogP contribution in [0.15, 0.2) is 0 Å². The summed E-state index contributed by atoms with van der Waals surface area (Å²) < 4.78 is 23.2. The van der Waals surface area contributed by atoms with Gasteiger partial charge in [0.25, 0.3) is 7.82 Å². The van der Waals surface area contributed by atoms with Crippen LogP contribution < -0.4 is 10.2 Å². The fourth-order valence-electron chi connectivity index (χ4n) is 6.92. The van der Waals surface area contributed by atoms with Gasteiger partial charge in [-0.3, -0.25) is 9.36 Å². The van der Waals surface area contributed by atoms with Crippen LogP contribution in [0.2, 0.25) is 0 Å². The zero-order chi connectivity index (χ0) is 39.3. The molecule has 2 N–H and O–H groups in total. The van der Waals surface area contributed by atoms with E-state index in [4.69, 9.17) is 9.05 Å². The molecule has 1 amide bonds. The zero-order valence-electron chi connectivity index (χ0n) is 36.0. The Morgan fingerprint density at radius 1 is 0.585 bits per heavy atom. The summed E-state index contributed by atoms with van der Waals surface area (Å²) in [5.74, 6) is -0.161. The summed E-state index contributed by atoms with van der Waals surface area (Å²) in [7, 11) is 1.32. The number of nitrogens with zero attached hydrogens (tertiary/aromatic N) is 1. The Bertz CT molecular complexity index is 839. The van der Waals surface area contributed by atoms with Crippen molar-refractivity contribution in [3.05, 3.63) is 0 Å². The highest BCUT2D eigenvalue weighted by atomic mass is 31.2. The smallest absolute Gasteiger partial charge is 0.268 e. The third-order valence-corrected chi connectivity index (χ3v) is 11.6. The lowest BCUT2D eigenvalue weighted by atomic mass is 10.0. The predicted octanol–water partition coefficient (Wildman–Crippen LogP) is 12.0. The lowest BCUT2D eigenvalue weighted by Crippen LogP contribution is -2.46. The van der Waals surface area contributed by atoms with Crippen molar-refractivity contribution in [3.8, 4) is 0 Å². The van der Waals surface area contributed by atoms with Crippen molar-refractivity contribution in [2.24, 2.45) is 0 Å². The molecule has 0 aromatic carbocycles. The number of carbonyl (C=O) groups is 1. The standard InChI is InChI=1S/C44H91N2O6P/c1-6-8-10-12-14-16-18-19-20-21-22-23-24-25-26-28-30-32-34-36-38-44(48)45-42(41-52-53(49,50)51-40-39-46(3,4)5)43(47)37-35-33-31-29-27-17-15-13-11-9-7-2/h42-43,47H,6-41H2,1-5H3,(H-,45,48,49,50). The van der Waals surface area contributed by atoms with Crippen LogP contribution >= 0.6 is 7.82 Å². The molecule has 3 unspecified atom stereocenters. The number of rotatable bonds is 42. The first-order valence-electron chi connectivity index (χ1n) is 22.9. The van der Waals surface area contributed by atoms with Crippen molar-refractivity contribution in [3.63, 3.8) is 0 Å². The number of aliphatic hydroxyl groups is 1. The molecule has 0 aliphatic carbocycles. The summed E-state index contributed by atoms with van der Waals surface area (Å²) in [6.07, 6.45) is 39.6. The molecule has 0 radical (unpaired) electrons. The van der Waals surface area contributed by atoms with Crippen LogP contribution in [0, 0.1) is 0 Å². The van der Waals surface area contributed by atoms with Crippen molar-refractivity contribution >= 4 is 13.7 Å². The number of phosphoric ester groups is 1. The Labute approximate surface area is 329 Å². The topological polar surface area (TPSA) is 108 Å². The summed E-state index contributed by atoms with van der Waals surface area (Å²) in [6.45, 7) is 4.73. The number of unbranched alkanes of at least 4 members (excludes halogenated alkanes) is 29. The fourth-order valence-corrected chi connectivity index (χ4v) is 7.65. The maximum atomic E-state index is 12.9. The SMILES string of the molecule is CCCCCCCCCCCCCCCCCCCCCCC(=O)NC(COP(=O)([O-])OCC[N+](C)(C)C)C(O)CCCCCCCCCCCCC. The van der Waals surface area contributed by atoms with E-state index < -0.39 is 20.0 Å². The average Bonchev–Trinajstić information content (AvgIpc) is 3.10. The van der Waals surface area contributed by atoms with Gasteiger partial charge in [-0.25, -0.2) is 0 Å². The molecule has 0 aromatic heterocycles. The minimum Gasteiger partial charge on any atom is -0.756 e. The highest BCUT2D eigenvalue weighted by Crippen LogP contribution is 2.38. The minimum absolute atomic E-state index is 0.0159. The van der Waals surface area contributed by atoms with Gasteiger partial charge >= 0.3 is 0 Å². The molecule has 0 aliphatic heterocycles. The van der Waals surface area contributed by atoms with E-state index in [0.717, 1.165) is 38.5 Å². The molecule has 0 bridgehead atoms. The predicted molar refractivity (Wildman–Crippen MR) is 224 cm³/mol. The van der Waals surface area contributed by atoms with Gasteiger partial charge in [-0.1, -0.05) is 206 Å². The number of hydrogen-bond acceptors (Lipinski definition) is 6. The number of aliphatic hydroxyl groups excluding tert-OH is 1. The number of quaternary nitrogens is 1. The summed E-state index contributed by atoms with van der Waals surface area (Å²) in [5.41, 5.74) is 0. The van der Waals surface area contributed by atoms with Crippen molar-refractivity contribution in [1.29, 1.82) is 0 Å². The van der Waals surface area contributed by atoms with Crippen molar-refractivity contribution < 1.29 is 32.9 Å². The quantitative estimate of drug-likeness (QED) is 0.0363. The second-order valence-electron chi connectivity index (χ2n) is 17.1. The number of carbonyl (C=O) groups excluding carboxylic acids is 1. The van der Waals surface area contributed by atoms with E-state index in [2.05, 4.69) is 19.2 Å². The van der Waals surface area contributed by atoms with E-state index in [0.29, 0.717) is 23.9 Å². The fraction of sp³-hybridized carbons (Fsp3) is 0.977. The van der Waals surface area contributed by atoms with Crippen molar-refractivity contribution in [2.75, 3.05) is 40.9 Å². The molecule has 3 atom stereocenters. The molecular formula is C44H91N2O6P. The maximum Gasteiger partial charge on any atom is 0.268 e. The van der Waals surface area contributed by atoms with Gasteiger partial charge in [-0.05, 0) is 12.8 Å². The van der Waals surface area contributed by atoms with E-state index >= 15 is 0 Å². The molecule has 0 aliphatic rings. The lowest BCUT2D eigenvalue weighted by molar-refractivity contribution is -0.870. The van der Waals surface area contributed by atoms with E-state index in [1.807, 2.05) is 21.1 Å². The summed E-state index contributed by atoms with van der Waals surface area (Å²) >= 11 is 0. The molecule has 8 nitrogen and oxygen atoms in total. The molecule has 0 spiro atoms. The van der Waals surface area contributed by atoms with Crippen LogP contribution in [0.1, 0.15) is 226 Å². The van der Waals surface area contributed by atoms with Crippen LogP contribution in [-0.2, 0) is 18.4 Å². The normalized spacial score (nSPS) is 14.3. The van der Waals surface area contributed by atoms with Gasteiger partial charge in [0.1, 0.15) is 13.2 Å². The summed E-state index contributed by atoms with van der Waals surface area (Å²) in [4.78, 5) is 25.3. The van der Waals surface area contributed by atoms with Crippen molar-refractivity contribution in [1.82, 2.24) is 5.32 Å². The third kappa shape index (κ3) is 39.5. The molecule has 0 heterocycles. The molecule has 0 aromatic rings. The van der Waals surface area contributed by atoms with Crippen LogP contribution in [0.5, 0.6) is 0 Å². The highest BCUT2D eigenvalue weighted by Gasteiger charge is 2.24. The van der Waals surface area contributed by atoms with Gasteiger partial charge in [0.15, 0.2) is 0 Å². The van der Waals surface area contributed by atoms with Crippen LogP contribution in [0.4, 0.5) is 0 Å². The van der Waals surface area contributed by atoms with Crippen LogP contribution in [-0.4, -0.2) is 68.5 Å². The molecule has 0 fully saturated rings. The summed E-state index contributed by atoms with van der Waals surface area (Å²) in [6, 6.07) is -0.792. The molecule has 53 heavy (non-hydrogen) atoms. The third-order valence-electron chi connectivity index (χ3n) is 10.6. The molecule has 0 saturated carbocycles. The van der Waals surface area contributed by atoms with E-state index in [-0.39, 0.29) is 19.1 Å². The average molecular weight is 775 g/mol. The highest BCUT2D eigenvalue weighted by molar-refractivity contribution is 7.45. The Morgan fingerprint density at radius 3 is 1.28 bits per heavy atom. The number of amides is 1. The molecule has 0 rings (SSSR count). The van der Waals surface area contributed by atoms with Gasteiger partial charge < -0.3 is 28.8 Å². The first-order valence-corrected chi connectivity index (χ1v) is 24.3. The van der Waals surface area contributed by atoms with Crippen molar-refractivity contribution in [2.45, 2.75) is 238 Å². The maximum absolute atomic E-state index is 12.9. The summed E-state index contributed by atoms with van der Waals surface area (Å²) in [5, 5.41) is 13.9. The van der Waals surface area contributed by atoms with E-state index in [1.54, 1.807) is 0 Å². The monoisotopic (exact) mass is 775 g/mol. The number of nitrogens with one attached hydrogen (secondary N) is 1. The Balaban J connectivity index is 4.22. The van der Waals surface area contributed by atoms with Gasteiger partial charge in [-0.15, -0.1) is 0 Å². The largest absolute Gasteiger partial charge is 0.756 e. The number of phosphoric acid groups is 1. The first-order chi connectivity index (χ1) is 25.5. The second kappa shape index (κ2) is 37.1. The van der Waals surface area contributed by atoms with Gasteiger partial charge in [0, 0.05) is 6.42 Å². The van der Waals surface area contributed by atoms with Gasteiger partial charge in [0.2, 0.25) is 5.91 Å². The van der Waals surface area contributed by atoms with Gasteiger partial charge in [-0.2, -0.15) is 0 Å². The number of likely N-dealkylation sites (N-methyl/N-ethyl adjacent to an activating group) is 1. The second-order valence-corrected chi connectivity index (χ2v) is 18.5. The molecule has 318 valence electrons. The van der Waals surface area contributed by atoms with Gasteiger partial charge in [0.05, 0.1) is 39.9 Å².